The lowest BCUT2D eigenvalue weighted by Crippen LogP contribution is -2.40. The van der Waals surface area contributed by atoms with Gasteiger partial charge in [-0.3, -0.25) is 14.9 Å². The minimum Gasteiger partial charge on any atom is -0.339 e. The van der Waals surface area contributed by atoms with Gasteiger partial charge in [-0.05, 0) is 63.1 Å². The highest BCUT2D eigenvalue weighted by Gasteiger charge is 2.19. The van der Waals surface area contributed by atoms with E-state index in [-0.39, 0.29) is 17.9 Å². The first kappa shape index (κ1) is 22.9. The average molecular weight is 416 g/mol. The summed E-state index contributed by atoms with van der Waals surface area (Å²) in [6, 6.07) is 14.4. The fraction of sp³-hybridized carbons (Fsp3) is 0.391. The predicted molar refractivity (Wildman–Crippen MR) is 119 cm³/mol. The first-order valence-corrected chi connectivity index (χ1v) is 10.5. The minimum atomic E-state index is -0.405. The Morgan fingerprint density at radius 3 is 2.28 bits per heavy atom. The molecule has 2 rings (SSSR count). The number of rotatable bonds is 9. The van der Waals surface area contributed by atoms with Crippen LogP contribution in [0.2, 0.25) is 5.02 Å². The van der Waals surface area contributed by atoms with E-state index in [0.717, 1.165) is 12.0 Å². The quantitative estimate of drug-likeness (QED) is 0.612. The predicted octanol–water partition coefficient (Wildman–Crippen LogP) is 4.89. The number of nitrogens with zero attached hydrogens (tertiary/aromatic N) is 1. The monoisotopic (exact) mass is 415 g/mol. The van der Waals surface area contributed by atoms with Crippen molar-refractivity contribution in [2.75, 3.05) is 18.4 Å². The number of halogens is 1. The summed E-state index contributed by atoms with van der Waals surface area (Å²) in [7, 11) is 0. The highest BCUT2D eigenvalue weighted by Crippen LogP contribution is 2.20. The van der Waals surface area contributed by atoms with E-state index in [1.54, 1.807) is 29.2 Å². The van der Waals surface area contributed by atoms with Crippen LogP contribution in [0.3, 0.4) is 0 Å². The fourth-order valence-corrected chi connectivity index (χ4v) is 3.32. The molecule has 29 heavy (non-hydrogen) atoms. The van der Waals surface area contributed by atoms with Gasteiger partial charge in [0.1, 0.15) is 0 Å². The number of hydrogen-bond acceptors (Lipinski definition) is 3. The Hall–Kier alpha value is -2.37. The summed E-state index contributed by atoms with van der Waals surface area (Å²) in [6.45, 7) is 9.10. The fourth-order valence-electron chi connectivity index (χ4n) is 3.20. The zero-order valence-electron chi connectivity index (χ0n) is 17.5. The van der Waals surface area contributed by atoms with E-state index in [9.17, 15) is 9.59 Å². The van der Waals surface area contributed by atoms with E-state index in [4.69, 9.17) is 11.6 Å². The van der Waals surface area contributed by atoms with Crippen LogP contribution < -0.4 is 10.6 Å². The van der Waals surface area contributed by atoms with Crippen molar-refractivity contribution in [1.82, 2.24) is 10.2 Å². The van der Waals surface area contributed by atoms with Crippen molar-refractivity contribution in [3.8, 4) is 0 Å². The number of anilines is 1. The second-order valence-electron chi connectivity index (χ2n) is 6.95. The molecule has 2 aromatic carbocycles. The van der Waals surface area contributed by atoms with Crippen LogP contribution in [0.4, 0.5) is 5.69 Å². The Bertz CT molecular complexity index is 819. The molecule has 0 spiro atoms. The van der Waals surface area contributed by atoms with Gasteiger partial charge in [-0.25, -0.2) is 0 Å². The topological polar surface area (TPSA) is 61.4 Å². The first-order valence-electron chi connectivity index (χ1n) is 10.1. The first-order chi connectivity index (χ1) is 13.9. The molecular formula is C23H30ClN3O2. The summed E-state index contributed by atoms with van der Waals surface area (Å²) >= 11 is 5.97. The average Bonchev–Trinajstić information content (AvgIpc) is 2.73. The van der Waals surface area contributed by atoms with E-state index in [2.05, 4.69) is 17.6 Å². The van der Waals surface area contributed by atoms with Crippen LogP contribution >= 0.6 is 11.6 Å². The Kier molecular flexibility index (Phi) is 8.68. The van der Waals surface area contributed by atoms with Gasteiger partial charge in [0, 0.05) is 35.4 Å². The molecule has 0 saturated carbocycles. The second kappa shape index (κ2) is 11.0. The molecule has 2 unspecified atom stereocenters. The van der Waals surface area contributed by atoms with E-state index < -0.39 is 6.04 Å². The Balaban J connectivity index is 2.04. The molecule has 0 bridgehead atoms. The number of benzene rings is 2. The lowest BCUT2D eigenvalue weighted by molar-refractivity contribution is -0.118. The smallest absolute Gasteiger partial charge is 0.253 e. The molecule has 2 atom stereocenters. The standard InChI is InChI=1S/C23H30ClN3O2/c1-5-21(17-11-13-19(24)14-12-17)25-16(4)22(28)26-20-10-8-9-18(15-20)23(29)27(6-2)7-3/h8-16,21,25H,5-7H2,1-4H3,(H,26,28). The molecule has 0 aliphatic rings. The number of carbonyl (C=O) groups is 2. The third kappa shape index (κ3) is 6.31. The van der Waals surface area contributed by atoms with Crippen LogP contribution in [0.25, 0.3) is 0 Å². The minimum absolute atomic E-state index is 0.0361. The summed E-state index contributed by atoms with van der Waals surface area (Å²) in [6.07, 6.45) is 0.840. The lowest BCUT2D eigenvalue weighted by atomic mass is 10.0. The van der Waals surface area contributed by atoms with Crippen LogP contribution in [0.15, 0.2) is 48.5 Å². The molecule has 0 heterocycles. The number of nitrogens with one attached hydrogen (secondary N) is 2. The zero-order valence-corrected chi connectivity index (χ0v) is 18.3. The second-order valence-corrected chi connectivity index (χ2v) is 7.38. The van der Waals surface area contributed by atoms with Crippen molar-refractivity contribution in [2.45, 2.75) is 46.2 Å². The van der Waals surface area contributed by atoms with Gasteiger partial charge in [-0.1, -0.05) is 36.7 Å². The van der Waals surface area contributed by atoms with E-state index >= 15 is 0 Å². The number of hydrogen-bond donors (Lipinski definition) is 2. The maximum atomic E-state index is 12.7. The maximum Gasteiger partial charge on any atom is 0.253 e. The highest BCUT2D eigenvalue weighted by molar-refractivity contribution is 6.30. The summed E-state index contributed by atoms with van der Waals surface area (Å²) < 4.78 is 0. The van der Waals surface area contributed by atoms with Crippen LogP contribution in [0.1, 0.15) is 56.1 Å². The third-order valence-corrected chi connectivity index (χ3v) is 5.20. The number of amides is 2. The Labute approximate surface area is 178 Å². The Morgan fingerprint density at radius 2 is 1.69 bits per heavy atom. The van der Waals surface area contributed by atoms with Crippen LogP contribution in [-0.2, 0) is 4.79 Å². The summed E-state index contributed by atoms with van der Waals surface area (Å²) in [5.41, 5.74) is 2.27. The molecular weight excluding hydrogens is 386 g/mol. The summed E-state index contributed by atoms with van der Waals surface area (Å²) in [5.74, 6) is -0.184. The third-order valence-electron chi connectivity index (χ3n) is 4.95. The molecule has 0 aromatic heterocycles. The number of carbonyl (C=O) groups excluding carboxylic acids is 2. The van der Waals surface area contributed by atoms with Gasteiger partial charge in [0.15, 0.2) is 0 Å². The van der Waals surface area contributed by atoms with Crippen molar-refractivity contribution in [2.24, 2.45) is 0 Å². The molecule has 156 valence electrons. The molecule has 5 nitrogen and oxygen atoms in total. The zero-order chi connectivity index (χ0) is 21.4. The van der Waals surface area contributed by atoms with Crippen LogP contribution in [0.5, 0.6) is 0 Å². The van der Waals surface area contributed by atoms with E-state index in [0.29, 0.717) is 29.4 Å². The van der Waals surface area contributed by atoms with E-state index in [1.807, 2.05) is 45.0 Å². The van der Waals surface area contributed by atoms with Crippen molar-refractivity contribution in [3.63, 3.8) is 0 Å². The van der Waals surface area contributed by atoms with Gasteiger partial charge in [0.2, 0.25) is 5.91 Å². The van der Waals surface area contributed by atoms with Crippen LogP contribution in [0, 0.1) is 0 Å². The largest absolute Gasteiger partial charge is 0.339 e. The molecule has 0 saturated heterocycles. The van der Waals surface area contributed by atoms with Crippen LogP contribution in [-0.4, -0.2) is 35.8 Å². The molecule has 6 heteroatoms. The molecule has 2 aromatic rings. The van der Waals surface area contributed by atoms with Crippen molar-refractivity contribution < 1.29 is 9.59 Å². The van der Waals surface area contributed by atoms with Gasteiger partial charge in [0.05, 0.1) is 6.04 Å². The Morgan fingerprint density at radius 1 is 1.03 bits per heavy atom. The lowest BCUT2D eigenvalue weighted by Gasteiger charge is -2.23. The molecule has 0 aliphatic heterocycles. The molecule has 2 amide bonds. The molecule has 0 aliphatic carbocycles. The summed E-state index contributed by atoms with van der Waals surface area (Å²) in [5, 5.41) is 6.96. The summed E-state index contributed by atoms with van der Waals surface area (Å²) in [4.78, 5) is 27.0. The van der Waals surface area contributed by atoms with Crippen molar-refractivity contribution in [1.29, 1.82) is 0 Å². The maximum absolute atomic E-state index is 12.7. The SMILES string of the molecule is CCC(NC(C)C(=O)Nc1cccc(C(=O)N(CC)CC)c1)c1ccc(Cl)cc1. The van der Waals surface area contributed by atoms with Gasteiger partial charge in [-0.2, -0.15) is 0 Å². The highest BCUT2D eigenvalue weighted by atomic mass is 35.5. The van der Waals surface area contributed by atoms with Gasteiger partial charge < -0.3 is 10.2 Å². The van der Waals surface area contributed by atoms with Gasteiger partial charge in [0.25, 0.3) is 5.91 Å². The molecule has 0 fully saturated rings. The van der Waals surface area contributed by atoms with Crippen molar-refractivity contribution >= 4 is 29.1 Å². The normalized spacial score (nSPS) is 12.9. The van der Waals surface area contributed by atoms with Gasteiger partial charge in [-0.15, -0.1) is 0 Å². The van der Waals surface area contributed by atoms with E-state index in [1.165, 1.54) is 0 Å². The van der Waals surface area contributed by atoms with Crippen molar-refractivity contribution in [3.05, 3.63) is 64.7 Å². The molecule has 2 N–H and O–H groups in total. The van der Waals surface area contributed by atoms with Gasteiger partial charge >= 0.3 is 0 Å². The molecule has 0 radical (unpaired) electrons.